The highest BCUT2D eigenvalue weighted by atomic mass is 16.5. The molecule has 0 bridgehead atoms. The Morgan fingerprint density at radius 1 is 1.14 bits per heavy atom. The minimum Gasteiger partial charge on any atom is -0.496 e. The minimum absolute atomic E-state index is 0.364. The van der Waals surface area contributed by atoms with Crippen LogP contribution in [0.15, 0.2) is 48.7 Å². The van der Waals surface area contributed by atoms with Gasteiger partial charge in [0.1, 0.15) is 11.3 Å². The Kier molecular flexibility index (Phi) is 5.35. The van der Waals surface area contributed by atoms with Crippen molar-refractivity contribution in [3.8, 4) is 5.75 Å². The lowest BCUT2D eigenvalue weighted by molar-refractivity contribution is 0.0597. The summed E-state index contributed by atoms with van der Waals surface area (Å²) in [6.45, 7) is 2.92. The second-order valence-corrected chi connectivity index (χ2v) is 7.37. The zero-order valence-electron chi connectivity index (χ0n) is 16.4. The van der Waals surface area contributed by atoms with Crippen LogP contribution in [0.3, 0.4) is 0 Å². The highest BCUT2D eigenvalue weighted by Gasteiger charge is 2.23. The van der Waals surface area contributed by atoms with Gasteiger partial charge in [-0.2, -0.15) is 0 Å². The van der Waals surface area contributed by atoms with E-state index >= 15 is 0 Å². The normalized spacial score (nSPS) is 15.6. The van der Waals surface area contributed by atoms with Gasteiger partial charge in [0.2, 0.25) is 0 Å². The molecule has 0 unspecified atom stereocenters. The molecular weight excluding hydrogens is 352 g/mol. The van der Waals surface area contributed by atoms with E-state index in [2.05, 4.69) is 40.3 Å². The average Bonchev–Trinajstić information content (AvgIpc) is 3.18. The number of nitrogens with zero attached hydrogens (tertiary/aromatic N) is 1. The van der Waals surface area contributed by atoms with E-state index in [4.69, 9.17) is 9.47 Å². The van der Waals surface area contributed by atoms with E-state index in [1.807, 2.05) is 18.2 Å². The molecule has 1 N–H and O–H groups in total. The fourth-order valence-corrected chi connectivity index (χ4v) is 4.21. The molecule has 1 aliphatic heterocycles. The molecule has 0 saturated carbocycles. The summed E-state index contributed by atoms with van der Waals surface area (Å²) in [5, 5.41) is 1.35. The smallest absolute Gasteiger partial charge is 0.341 e. The van der Waals surface area contributed by atoms with Crippen LogP contribution >= 0.6 is 0 Å². The molecule has 0 amide bonds. The predicted molar refractivity (Wildman–Crippen MR) is 110 cm³/mol. The van der Waals surface area contributed by atoms with E-state index in [9.17, 15) is 4.79 Å². The number of fused-ring (bicyclic) bond motifs is 1. The SMILES string of the molecule is COC(=O)c1cc(CN2CCC(c3c[nH]c4ccccc34)CC2)ccc1OC. The van der Waals surface area contributed by atoms with Gasteiger partial charge >= 0.3 is 5.97 Å². The summed E-state index contributed by atoms with van der Waals surface area (Å²) < 4.78 is 10.2. The highest BCUT2D eigenvalue weighted by Crippen LogP contribution is 2.33. The number of rotatable bonds is 5. The topological polar surface area (TPSA) is 54.6 Å². The summed E-state index contributed by atoms with van der Waals surface area (Å²) in [5.41, 5.74) is 4.24. The summed E-state index contributed by atoms with van der Waals surface area (Å²) in [4.78, 5) is 17.9. The summed E-state index contributed by atoms with van der Waals surface area (Å²) in [6, 6.07) is 14.3. The van der Waals surface area contributed by atoms with Gasteiger partial charge in [-0.15, -0.1) is 0 Å². The largest absolute Gasteiger partial charge is 0.496 e. The fraction of sp³-hybridized carbons (Fsp3) is 0.348. The van der Waals surface area contributed by atoms with E-state index in [-0.39, 0.29) is 5.97 Å². The molecule has 0 radical (unpaired) electrons. The van der Waals surface area contributed by atoms with Crippen LogP contribution in [0.1, 0.15) is 40.2 Å². The van der Waals surface area contributed by atoms with Crippen LogP contribution in [-0.2, 0) is 11.3 Å². The molecule has 5 heteroatoms. The Bertz CT molecular complexity index is 971. The number of H-pyrrole nitrogens is 1. The van der Waals surface area contributed by atoms with Crippen molar-refractivity contribution >= 4 is 16.9 Å². The molecular formula is C23H26N2O3. The van der Waals surface area contributed by atoms with Crippen molar-refractivity contribution in [1.29, 1.82) is 0 Å². The maximum absolute atomic E-state index is 12.0. The molecule has 2 aromatic carbocycles. The zero-order chi connectivity index (χ0) is 19.5. The number of carbonyl (C=O) groups is 1. The van der Waals surface area contributed by atoms with Crippen LogP contribution in [0.2, 0.25) is 0 Å². The third kappa shape index (κ3) is 3.62. The lowest BCUT2D eigenvalue weighted by Gasteiger charge is -2.32. The number of carbonyl (C=O) groups excluding carboxylic acids is 1. The number of benzene rings is 2. The predicted octanol–water partition coefficient (Wildman–Crippen LogP) is 4.34. The van der Waals surface area contributed by atoms with Crippen molar-refractivity contribution in [3.05, 3.63) is 65.4 Å². The third-order valence-corrected chi connectivity index (χ3v) is 5.72. The van der Waals surface area contributed by atoms with E-state index in [1.165, 1.54) is 23.6 Å². The van der Waals surface area contributed by atoms with Gasteiger partial charge in [0.25, 0.3) is 0 Å². The van der Waals surface area contributed by atoms with Crippen molar-refractivity contribution in [1.82, 2.24) is 9.88 Å². The van der Waals surface area contributed by atoms with Crippen molar-refractivity contribution in [3.63, 3.8) is 0 Å². The zero-order valence-corrected chi connectivity index (χ0v) is 16.4. The number of aromatic nitrogens is 1. The molecule has 1 aromatic heterocycles. The summed E-state index contributed by atoms with van der Waals surface area (Å²) in [7, 11) is 2.96. The molecule has 4 rings (SSSR count). The van der Waals surface area contributed by atoms with Gasteiger partial charge in [-0.05, 0) is 61.2 Å². The van der Waals surface area contributed by atoms with Gasteiger partial charge in [-0.1, -0.05) is 24.3 Å². The lowest BCUT2D eigenvalue weighted by Crippen LogP contribution is -2.32. The van der Waals surface area contributed by atoms with Crippen molar-refractivity contribution in [2.75, 3.05) is 27.3 Å². The second-order valence-electron chi connectivity index (χ2n) is 7.37. The maximum Gasteiger partial charge on any atom is 0.341 e. The number of hydrogen-bond donors (Lipinski definition) is 1. The van der Waals surface area contributed by atoms with Gasteiger partial charge in [-0.25, -0.2) is 4.79 Å². The molecule has 146 valence electrons. The minimum atomic E-state index is -0.364. The Morgan fingerprint density at radius 3 is 2.68 bits per heavy atom. The number of methoxy groups -OCH3 is 2. The van der Waals surface area contributed by atoms with Gasteiger partial charge in [0, 0.05) is 23.6 Å². The third-order valence-electron chi connectivity index (χ3n) is 5.72. The number of aromatic amines is 1. The van der Waals surface area contributed by atoms with Crippen LogP contribution in [0.4, 0.5) is 0 Å². The number of para-hydroxylation sites is 1. The number of esters is 1. The lowest BCUT2D eigenvalue weighted by atomic mass is 9.89. The second kappa shape index (κ2) is 8.07. The standard InChI is InChI=1S/C23H26N2O3/c1-27-22-8-7-16(13-19(22)23(26)28-2)15-25-11-9-17(10-12-25)20-14-24-21-6-4-3-5-18(20)21/h3-8,13-14,17,24H,9-12,15H2,1-2H3. The maximum atomic E-state index is 12.0. The Labute approximate surface area is 165 Å². The van der Waals surface area contributed by atoms with Crippen LogP contribution in [0.25, 0.3) is 10.9 Å². The van der Waals surface area contributed by atoms with Gasteiger partial charge in [0.05, 0.1) is 14.2 Å². The molecule has 1 aliphatic rings. The van der Waals surface area contributed by atoms with Gasteiger partial charge in [-0.3, -0.25) is 4.90 Å². The van der Waals surface area contributed by atoms with E-state index in [1.54, 1.807) is 7.11 Å². The molecule has 1 fully saturated rings. The first kappa shape index (κ1) is 18.6. The van der Waals surface area contributed by atoms with E-state index in [0.29, 0.717) is 17.2 Å². The monoisotopic (exact) mass is 378 g/mol. The van der Waals surface area contributed by atoms with Crippen molar-refractivity contribution in [2.24, 2.45) is 0 Å². The number of nitrogens with one attached hydrogen (secondary N) is 1. The first-order valence-corrected chi connectivity index (χ1v) is 9.73. The van der Waals surface area contributed by atoms with E-state index in [0.717, 1.165) is 38.0 Å². The molecule has 0 spiro atoms. The summed E-state index contributed by atoms with van der Waals surface area (Å²) >= 11 is 0. The van der Waals surface area contributed by atoms with Crippen LogP contribution < -0.4 is 4.74 Å². The molecule has 28 heavy (non-hydrogen) atoms. The molecule has 2 heterocycles. The molecule has 1 saturated heterocycles. The van der Waals surface area contributed by atoms with E-state index < -0.39 is 0 Å². The number of ether oxygens (including phenoxy) is 2. The molecule has 5 nitrogen and oxygen atoms in total. The Balaban J connectivity index is 1.43. The van der Waals surface area contributed by atoms with Crippen LogP contribution in [0, 0.1) is 0 Å². The summed E-state index contributed by atoms with van der Waals surface area (Å²) in [5.74, 6) is 0.777. The number of likely N-dealkylation sites (tertiary alicyclic amines) is 1. The Hall–Kier alpha value is -2.79. The number of hydrogen-bond acceptors (Lipinski definition) is 4. The molecule has 0 atom stereocenters. The highest BCUT2D eigenvalue weighted by molar-refractivity contribution is 5.92. The first-order chi connectivity index (χ1) is 13.7. The molecule has 0 aliphatic carbocycles. The van der Waals surface area contributed by atoms with Crippen LogP contribution in [0.5, 0.6) is 5.75 Å². The van der Waals surface area contributed by atoms with Crippen LogP contribution in [-0.4, -0.2) is 43.2 Å². The van der Waals surface area contributed by atoms with Gasteiger partial charge in [0.15, 0.2) is 0 Å². The first-order valence-electron chi connectivity index (χ1n) is 9.73. The molecule has 3 aromatic rings. The fourth-order valence-electron chi connectivity index (χ4n) is 4.21. The number of piperidine rings is 1. The summed E-state index contributed by atoms with van der Waals surface area (Å²) in [6.07, 6.45) is 4.46. The average molecular weight is 378 g/mol. The van der Waals surface area contributed by atoms with Crippen molar-refractivity contribution in [2.45, 2.75) is 25.3 Å². The van der Waals surface area contributed by atoms with Crippen molar-refractivity contribution < 1.29 is 14.3 Å². The van der Waals surface area contributed by atoms with Gasteiger partial charge < -0.3 is 14.5 Å². The Morgan fingerprint density at radius 2 is 1.93 bits per heavy atom. The quantitative estimate of drug-likeness (QED) is 0.671.